The van der Waals surface area contributed by atoms with Crippen LogP contribution in [0, 0.1) is 0 Å². The van der Waals surface area contributed by atoms with Gasteiger partial charge >= 0.3 is 0 Å². The summed E-state index contributed by atoms with van der Waals surface area (Å²) in [6.07, 6.45) is 3.92. The van der Waals surface area contributed by atoms with Crippen LogP contribution in [0.2, 0.25) is 0 Å². The second kappa shape index (κ2) is 5.16. The molecule has 1 aromatic rings. The summed E-state index contributed by atoms with van der Waals surface area (Å²) in [5.41, 5.74) is 0. The number of rotatable bonds is 4. The summed E-state index contributed by atoms with van der Waals surface area (Å²) in [5.74, 6) is 0.886. The fourth-order valence-corrected chi connectivity index (χ4v) is 1.90. The lowest BCUT2D eigenvalue weighted by Crippen LogP contribution is -2.40. The van der Waals surface area contributed by atoms with Crippen LogP contribution in [0.1, 0.15) is 25.5 Å². The summed E-state index contributed by atoms with van der Waals surface area (Å²) >= 11 is 0. The van der Waals surface area contributed by atoms with E-state index in [0.717, 1.165) is 18.6 Å². The third-order valence-corrected chi connectivity index (χ3v) is 2.70. The number of furan rings is 1. The summed E-state index contributed by atoms with van der Waals surface area (Å²) in [7, 11) is 0. The van der Waals surface area contributed by atoms with E-state index < -0.39 is 0 Å². The summed E-state index contributed by atoms with van der Waals surface area (Å²) in [5, 5.41) is 2.94. The molecule has 0 aliphatic carbocycles. The van der Waals surface area contributed by atoms with E-state index in [2.05, 4.69) is 5.32 Å². The Labute approximate surface area is 95.0 Å². The molecule has 1 saturated heterocycles. The first kappa shape index (κ1) is 11.2. The van der Waals surface area contributed by atoms with E-state index in [1.165, 1.54) is 0 Å². The van der Waals surface area contributed by atoms with Gasteiger partial charge in [0.1, 0.15) is 11.9 Å². The molecule has 2 atom stereocenters. The highest BCUT2D eigenvalue weighted by Crippen LogP contribution is 2.12. The fraction of sp³-hybridized carbons (Fsp3) is 0.583. The summed E-state index contributed by atoms with van der Waals surface area (Å²) in [4.78, 5) is 11.7. The molecule has 1 amide bonds. The zero-order valence-corrected chi connectivity index (χ0v) is 9.44. The predicted octanol–water partition coefficient (Wildman–Crippen LogP) is 1.51. The van der Waals surface area contributed by atoms with Gasteiger partial charge in [-0.15, -0.1) is 0 Å². The van der Waals surface area contributed by atoms with Crippen LogP contribution in [0.3, 0.4) is 0 Å². The van der Waals surface area contributed by atoms with E-state index in [1.807, 2.05) is 19.1 Å². The lowest BCUT2D eigenvalue weighted by Gasteiger charge is -2.15. The van der Waals surface area contributed by atoms with Gasteiger partial charge in [0.2, 0.25) is 5.91 Å². The maximum Gasteiger partial charge on any atom is 0.249 e. The van der Waals surface area contributed by atoms with E-state index in [-0.39, 0.29) is 18.1 Å². The monoisotopic (exact) mass is 223 g/mol. The third kappa shape index (κ3) is 2.85. The van der Waals surface area contributed by atoms with Crippen molar-refractivity contribution < 1.29 is 13.9 Å². The molecule has 0 radical (unpaired) electrons. The first-order valence-corrected chi connectivity index (χ1v) is 5.70. The highest BCUT2D eigenvalue weighted by Gasteiger charge is 2.24. The van der Waals surface area contributed by atoms with Gasteiger partial charge in [-0.1, -0.05) is 0 Å². The maximum atomic E-state index is 11.7. The lowest BCUT2D eigenvalue weighted by atomic mass is 10.1. The minimum absolute atomic E-state index is 0.00319. The molecular weight excluding hydrogens is 206 g/mol. The van der Waals surface area contributed by atoms with Crippen LogP contribution in [0.4, 0.5) is 0 Å². The van der Waals surface area contributed by atoms with Crippen molar-refractivity contribution in [3.63, 3.8) is 0 Å². The third-order valence-electron chi connectivity index (χ3n) is 2.70. The van der Waals surface area contributed by atoms with E-state index in [9.17, 15) is 4.79 Å². The van der Waals surface area contributed by atoms with Crippen molar-refractivity contribution in [3.8, 4) is 0 Å². The molecule has 0 bridgehead atoms. The van der Waals surface area contributed by atoms with Gasteiger partial charge in [-0.3, -0.25) is 4.79 Å². The van der Waals surface area contributed by atoms with Crippen LogP contribution >= 0.6 is 0 Å². The molecule has 1 fully saturated rings. The van der Waals surface area contributed by atoms with Crippen molar-refractivity contribution in [1.29, 1.82) is 0 Å². The van der Waals surface area contributed by atoms with Crippen LogP contribution in [-0.2, 0) is 16.0 Å². The lowest BCUT2D eigenvalue weighted by molar-refractivity contribution is -0.130. The Morgan fingerprint density at radius 1 is 1.69 bits per heavy atom. The Hall–Kier alpha value is -1.29. The Morgan fingerprint density at radius 3 is 3.19 bits per heavy atom. The van der Waals surface area contributed by atoms with Crippen LogP contribution in [0.15, 0.2) is 22.8 Å². The smallest absolute Gasteiger partial charge is 0.249 e. The summed E-state index contributed by atoms with van der Waals surface area (Å²) < 4.78 is 10.5. The Morgan fingerprint density at radius 2 is 2.56 bits per heavy atom. The van der Waals surface area contributed by atoms with E-state index in [4.69, 9.17) is 9.15 Å². The van der Waals surface area contributed by atoms with Gasteiger partial charge in [0, 0.05) is 19.1 Å². The second-order valence-electron chi connectivity index (χ2n) is 4.19. The van der Waals surface area contributed by atoms with Crippen LogP contribution in [0.5, 0.6) is 0 Å². The Bertz CT molecular complexity index is 328. The first-order valence-electron chi connectivity index (χ1n) is 5.70. The number of amides is 1. The summed E-state index contributed by atoms with van der Waals surface area (Å²) in [6.45, 7) is 2.67. The number of hydrogen-bond donors (Lipinski definition) is 1. The van der Waals surface area contributed by atoms with Crippen molar-refractivity contribution in [2.24, 2.45) is 0 Å². The van der Waals surface area contributed by atoms with E-state index >= 15 is 0 Å². The van der Waals surface area contributed by atoms with E-state index in [1.54, 1.807) is 6.26 Å². The molecule has 0 spiro atoms. The molecule has 0 unspecified atom stereocenters. The average molecular weight is 223 g/mol. The maximum absolute atomic E-state index is 11.7. The van der Waals surface area contributed by atoms with Crippen molar-refractivity contribution in [1.82, 2.24) is 5.32 Å². The topological polar surface area (TPSA) is 51.5 Å². The number of nitrogens with one attached hydrogen (secondary N) is 1. The minimum Gasteiger partial charge on any atom is -0.469 e. The van der Waals surface area contributed by atoms with Gasteiger partial charge < -0.3 is 14.5 Å². The van der Waals surface area contributed by atoms with Crippen molar-refractivity contribution in [2.75, 3.05) is 6.61 Å². The number of carbonyl (C=O) groups is 1. The van der Waals surface area contributed by atoms with Gasteiger partial charge in [0.25, 0.3) is 0 Å². The average Bonchev–Trinajstić information content (AvgIpc) is 2.88. The largest absolute Gasteiger partial charge is 0.469 e. The van der Waals surface area contributed by atoms with Crippen molar-refractivity contribution in [3.05, 3.63) is 24.2 Å². The number of carbonyl (C=O) groups excluding carboxylic acids is 1. The zero-order valence-electron chi connectivity index (χ0n) is 9.44. The second-order valence-corrected chi connectivity index (χ2v) is 4.19. The fourth-order valence-electron chi connectivity index (χ4n) is 1.90. The van der Waals surface area contributed by atoms with Gasteiger partial charge in [-0.25, -0.2) is 0 Å². The van der Waals surface area contributed by atoms with Gasteiger partial charge in [0.05, 0.1) is 6.26 Å². The molecule has 4 heteroatoms. The number of hydrogen-bond acceptors (Lipinski definition) is 3. The molecule has 1 aromatic heterocycles. The van der Waals surface area contributed by atoms with Crippen LogP contribution < -0.4 is 5.32 Å². The minimum atomic E-state index is -0.251. The van der Waals surface area contributed by atoms with Crippen molar-refractivity contribution >= 4 is 5.91 Å². The van der Waals surface area contributed by atoms with E-state index in [0.29, 0.717) is 13.0 Å². The molecule has 0 saturated carbocycles. The molecule has 2 rings (SSSR count). The standard InChI is InChI=1S/C12H17NO3/c1-9(8-10-4-2-6-15-10)13-12(14)11-5-3-7-16-11/h2,4,6,9,11H,3,5,7-8H2,1H3,(H,13,14)/t9-,11+/m0/s1. The summed E-state index contributed by atoms with van der Waals surface area (Å²) in [6, 6.07) is 3.83. The molecule has 2 heterocycles. The van der Waals surface area contributed by atoms with Gasteiger partial charge in [-0.05, 0) is 31.9 Å². The molecule has 1 aliphatic rings. The Balaban J connectivity index is 1.78. The first-order chi connectivity index (χ1) is 7.75. The molecular formula is C12H17NO3. The number of ether oxygens (including phenoxy) is 1. The quantitative estimate of drug-likeness (QED) is 0.841. The van der Waals surface area contributed by atoms with Crippen LogP contribution in [-0.4, -0.2) is 24.7 Å². The normalized spacial score (nSPS) is 21.9. The Kier molecular flexibility index (Phi) is 3.62. The SMILES string of the molecule is C[C@@H](Cc1ccco1)NC(=O)[C@H]1CCCO1. The highest BCUT2D eigenvalue weighted by molar-refractivity contribution is 5.81. The molecule has 1 N–H and O–H groups in total. The zero-order chi connectivity index (χ0) is 11.4. The van der Waals surface area contributed by atoms with Gasteiger partial charge in [-0.2, -0.15) is 0 Å². The van der Waals surface area contributed by atoms with Crippen molar-refractivity contribution in [2.45, 2.75) is 38.3 Å². The predicted molar refractivity (Wildman–Crippen MR) is 59.0 cm³/mol. The van der Waals surface area contributed by atoms with Gasteiger partial charge in [0.15, 0.2) is 0 Å². The molecule has 88 valence electrons. The van der Waals surface area contributed by atoms with Crippen LogP contribution in [0.25, 0.3) is 0 Å². The molecule has 0 aromatic carbocycles. The molecule has 1 aliphatic heterocycles. The molecule has 4 nitrogen and oxygen atoms in total. The highest BCUT2D eigenvalue weighted by atomic mass is 16.5. The molecule has 16 heavy (non-hydrogen) atoms.